The third kappa shape index (κ3) is 5.85. The molecule has 0 saturated carbocycles. The zero-order chi connectivity index (χ0) is 34.1. The first-order chi connectivity index (χ1) is 25.2. The average Bonchev–Trinajstić information content (AvgIpc) is 3.20. The zero-order valence-corrected chi connectivity index (χ0v) is 28.7. The number of anilines is 5. The van der Waals surface area contributed by atoms with E-state index in [1.165, 1.54) is 60.3 Å². The maximum atomic E-state index is 2.37. The van der Waals surface area contributed by atoms with Gasteiger partial charge in [-0.1, -0.05) is 133 Å². The van der Waals surface area contributed by atoms with Crippen molar-refractivity contribution in [3.05, 3.63) is 194 Å². The highest BCUT2D eigenvalue weighted by Crippen LogP contribution is 2.41. The van der Waals surface area contributed by atoms with Crippen LogP contribution in [0, 0.1) is 0 Å². The van der Waals surface area contributed by atoms with Crippen molar-refractivity contribution in [1.29, 1.82) is 0 Å². The first kappa shape index (κ1) is 30.7. The molecule has 0 bridgehead atoms. The Bertz CT molecular complexity index is 2540. The van der Waals surface area contributed by atoms with Crippen molar-refractivity contribution < 1.29 is 0 Å². The summed E-state index contributed by atoms with van der Waals surface area (Å²) in [6.45, 7) is 0. The van der Waals surface area contributed by atoms with Crippen LogP contribution in [0.25, 0.3) is 49.0 Å². The molecule has 0 unspecified atom stereocenters. The molecule has 1 aliphatic rings. The minimum atomic E-state index is 1.09. The van der Waals surface area contributed by atoms with E-state index in [2.05, 4.69) is 205 Å². The summed E-state index contributed by atoms with van der Waals surface area (Å²) in [6.07, 6.45) is 9.08. The van der Waals surface area contributed by atoms with Crippen molar-refractivity contribution in [3.8, 4) is 11.1 Å². The molecule has 2 heteroatoms. The number of nitrogens with zero attached hydrogens (tertiary/aromatic N) is 2. The van der Waals surface area contributed by atoms with E-state index in [4.69, 9.17) is 0 Å². The van der Waals surface area contributed by atoms with Gasteiger partial charge in [0, 0.05) is 40.6 Å². The Balaban J connectivity index is 1.06. The lowest BCUT2D eigenvalue weighted by atomic mass is 9.98. The van der Waals surface area contributed by atoms with Gasteiger partial charge in [0.15, 0.2) is 0 Å². The normalized spacial score (nSPS) is 12.7. The van der Waals surface area contributed by atoms with Crippen LogP contribution in [0.15, 0.2) is 188 Å². The van der Waals surface area contributed by atoms with Gasteiger partial charge < -0.3 is 9.80 Å². The highest BCUT2D eigenvalue weighted by Gasteiger charge is 2.16. The molecule has 0 N–H and O–H groups in total. The molecule has 1 aliphatic carbocycles. The quantitative estimate of drug-likeness (QED) is 0.158. The molecule has 0 aromatic heterocycles. The van der Waals surface area contributed by atoms with E-state index in [0.717, 1.165) is 35.6 Å². The van der Waals surface area contributed by atoms with E-state index in [1.807, 2.05) is 0 Å². The molecule has 9 rings (SSSR count). The predicted molar refractivity (Wildman–Crippen MR) is 220 cm³/mol. The number of fused-ring (bicyclic) bond motifs is 3. The first-order valence-electron chi connectivity index (χ1n) is 17.8. The molecule has 0 aliphatic heterocycles. The Kier molecular flexibility index (Phi) is 7.91. The molecular formula is C49H38N2. The van der Waals surface area contributed by atoms with Crippen LogP contribution in [0.1, 0.15) is 18.4 Å². The van der Waals surface area contributed by atoms with Crippen molar-refractivity contribution >= 4 is 66.3 Å². The second kappa shape index (κ2) is 13.2. The van der Waals surface area contributed by atoms with Gasteiger partial charge in [-0.25, -0.2) is 0 Å². The Morgan fingerprint density at radius 3 is 1.67 bits per heavy atom. The topological polar surface area (TPSA) is 6.48 Å². The summed E-state index contributed by atoms with van der Waals surface area (Å²) in [5.41, 5.74) is 10.7. The molecule has 0 spiro atoms. The molecule has 51 heavy (non-hydrogen) atoms. The first-order valence-corrected chi connectivity index (χ1v) is 17.8. The highest BCUT2D eigenvalue weighted by atomic mass is 15.1. The molecule has 0 fully saturated rings. The van der Waals surface area contributed by atoms with Gasteiger partial charge in [-0.3, -0.25) is 0 Å². The fraction of sp³-hybridized carbons (Fsp3) is 0.0612. The summed E-state index contributed by atoms with van der Waals surface area (Å²) in [4.78, 5) is 4.70. The summed E-state index contributed by atoms with van der Waals surface area (Å²) in [7, 11) is 2.18. The van der Waals surface area contributed by atoms with E-state index in [-0.39, 0.29) is 0 Å². The monoisotopic (exact) mass is 654 g/mol. The largest absolute Gasteiger partial charge is 0.344 e. The molecule has 244 valence electrons. The summed E-state index contributed by atoms with van der Waals surface area (Å²) in [6, 6.07) is 61.9. The van der Waals surface area contributed by atoms with E-state index in [0.29, 0.717) is 0 Å². The van der Waals surface area contributed by atoms with Crippen LogP contribution in [0.4, 0.5) is 28.4 Å². The minimum absolute atomic E-state index is 1.09. The molecule has 0 atom stereocenters. The van der Waals surface area contributed by atoms with Crippen molar-refractivity contribution in [3.63, 3.8) is 0 Å². The molecule has 0 saturated heterocycles. The van der Waals surface area contributed by atoms with Gasteiger partial charge in [-0.15, -0.1) is 0 Å². The van der Waals surface area contributed by atoms with Crippen molar-refractivity contribution in [1.82, 2.24) is 0 Å². The summed E-state index contributed by atoms with van der Waals surface area (Å²) in [5, 5.41) is 7.49. The third-order valence-electron chi connectivity index (χ3n) is 10.2. The van der Waals surface area contributed by atoms with E-state index in [1.54, 1.807) is 0 Å². The molecule has 2 nitrogen and oxygen atoms in total. The second-order valence-electron chi connectivity index (χ2n) is 13.4. The average molecular weight is 655 g/mol. The number of hydrogen-bond donors (Lipinski definition) is 0. The lowest BCUT2D eigenvalue weighted by Crippen LogP contribution is -2.10. The Labute approximate surface area is 299 Å². The summed E-state index contributed by atoms with van der Waals surface area (Å²) >= 11 is 0. The Morgan fingerprint density at radius 1 is 0.412 bits per heavy atom. The number of allylic oxidation sites excluding steroid dienone is 4. The van der Waals surface area contributed by atoms with E-state index >= 15 is 0 Å². The van der Waals surface area contributed by atoms with Gasteiger partial charge in [0.05, 0.1) is 5.69 Å². The van der Waals surface area contributed by atoms with Gasteiger partial charge in [-0.2, -0.15) is 0 Å². The van der Waals surface area contributed by atoms with Crippen molar-refractivity contribution in [2.45, 2.75) is 12.8 Å². The second-order valence-corrected chi connectivity index (χ2v) is 13.4. The lowest BCUT2D eigenvalue weighted by molar-refractivity contribution is 1.04. The lowest BCUT2D eigenvalue weighted by Gasteiger charge is -2.27. The highest BCUT2D eigenvalue weighted by molar-refractivity contribution is 6.12. The molecule has 0 radical (unpaired) electrons. The molecule has 0 amide bonds. The van der Waals surface area contributed by atoms with Crippen LogP contribution < -0.4 is 9.80 Å². The third-order valence-corrected chi connectivity index (χ3v) is 10.2. The van der Waals surface area contributed by atoms with E-state index < -0.39 is 0 Å². The summed E-state index contributed by atoms with van der Waals surface area (Å²) in [5.74, 6) is 0. The maximum Gasteiger partial charge on any atom is 0.0567 e. The predicted octanol–water partition coefficient (Wildman–Crippen LogP) is 13.8. The zero-order valence-electron chi connectivity index (χ0n) is 28.7. The van der Waals surface area contributed by atoms with Crippen LogP contribution >= 0.6 is 0 Å². The Morgan fingerprint density at radius 2 is 1.00 bits per heavy atom. The van der Waals surface area contributed by atoms with Gasteiger partial charge in [-0.05, 0) is 111 Å². The van der Waals surface area contributed by atoms with Crippen LogP contribution in [0.5, 0.6) is 0 Å². The maximum absolute atomic E-state index is 2.37. The molecule has 8 aromatic rings. The van der Waals surface area contributed by atoms with Gasteiger partial charge in [0.2, 0.25) is 0 Å². The number of benzene rings is 8. The van der Waals surface area contributed by atoms with Gasteiger partial charge >= 0.3 is 0 Å². The molecular weight excluding hydrogens is 617 g/mol. The van der Waals surface area contributed by atoms with Crippen LogP contribution in [0.3, 0.4) is 0 Å². The Hall–Kier alpha value is -6.38. The van der Waals surface area contributed by atoms with Crippen molar-refractivity contribution in [2.24, 2.45) is 0 Å². The van der Waals surface area contributed by atoms with Gasteiger partial charge in [0.25, 0.3) is 0 Å². The molecule has 0 heterocycles. The standard InChI is InChI=1S/C49H38N2/c1-50(49-47-20-9-7-16-41(47)32-42-17-8-10-21-48(42)49)43-27-22-37(23-28-43)38-24-29-44(30-25-38)51(46-31-26-36-14-5-6-15-39(36)34-46)45-19-11-18-40(33-45)35-12-3-2-4-13-35/h3,5-34H,2,4H2,1H3. The number of hydrogen-bond acceptors (Lipinski definition) is 2. The minimum Gasteiger partial charge on any atom is -0.344 e. The SMILES string of the molecule is CN(c1ccc(-c2ccc(N(c3cccc(C4=CCCC=C4)c3)c3ccc4ccccc4c3)cc2)cc1)c1c2ccccc2cc2ccccc12. The number of rotatable bonds is 7. The van der Waals surface area contributed by atoms with Gasteiger partial charge in [0.1, 0.15) is 0 Å². The van der Waals surface area contributed by atoms with Crippen LogP contribution in [-0.2, 0) is 0 Å². The smallest absolute Gasteiger partial charge is 0.0567 e. The summed E-state index contributed by atoms with van der Waals surface area (Å²) < 4.78 is 0. The fourth-order valence-corrected chi connectivity index (χ4v) is 7.58. The van der Waals surface area contributed by atoms with Crippen molar-refractivity contribution in [2.75, 3.05) is 16.8 Å². The molecule has 8 aromatic carbocycles. The van der Waals surface area contributed by atoms with Crippen LogP contribution in [-0.4, -0.2) is 7.05 Å². The van der Waals surface area contributed by atoms with E-state index in [9.17, 15) is 0 Å². The van der Waals surface area contributed by atoms with Crippen LogP contribution in [0.2, 0.25) is 0 Å². The fourth-order valence-electron chi connectivity index (χ4n) is 7.58.